The van der Waals surface area contributed by atoms with E-state index in [9.17, 15) is 30.7 Å². The number of carbonyl (C=O) groups excluding carboxylic acids is 1. The van der Waals surface area contributed by atoms with E-state index >= 15 is 0 Å². The zero-order chi connectivity index (χ0) is 47.9. The summed E-state index contributed by atoms with van der Waals surface area (Å²) >= 11 is 11.8. The third kappa shape index (κ3) is 12.2. The highest BCUT2D eigenvalue weighted by atomic mass is 35.5. The van der Waals surface area contributed by atoms with Gasteiger partial charge in [0.25, 0.3) is 20.2 Å². The van der Waals surface area contributed by atoms with Crippen LogP contribution in [0.4, 0.5) is 61.7 Å². The number of hydrogen-bond donors (Lipinski definition) is 4. The summed E-state index contributed by atoms with van der Waals surface area (Å²) in [7, 11) is -6.29. The molecule has 0 aliphatic carbocycles. The molecule has 0 radical (unpaired) electrons. The zero-order valence-corrected chi connectivity index (χ0v) is 38.8. The van der Waals surface area contributed by atoms with Gasteiger partial charge in [-0.15, -0.1) is 10.2 Å². The molecule has 6 aromatic rings. The monoisotopic (exact) mass is 972 g/mol. The molecule has 0 aliphatic rings. The number of ether oxygens (including phenoxy) is 2. The van der Waals surface area contributed by atoms with E-state index in [2.05, 4.69) is 51.5 Å². The molecule has 0 aliphatic heterocycles. The molecule has 0 fully saturated rings. The number of nitrogens with one attached hydrogen (secondary N) is 2. The summed E-state index contributed by atoms with van der Waals surface area (Å²) in [5, 5.41) is 39.5. The molecule has 0 aromatic heterocycles. The number of azo groups is 4. The average Bonchev–Trinajstić information content (AvgIpc) is 3.25. The number of nitrogens with zero attached hydrogens (tertiary/aromatic N) is 8. The predicted molar refractivity (Wildman–Crippen MR) is 250 cm³/mol. The maximum Gasteiger partial charge on any atom is 0.323 e. The molecule has 23 heteroatoms. The van der Waals surface area contributed by atoms with Crippen molar-refractivity contribution in [3.63, 3.8) is 0 Å². The highest BCUT2D eigenvalue weighted by molar-refractivity contribution is 7.86. The van der Waals surface area contributed by atoms with Crippen molar-refractivity contribution in [2.75, 3.05) is 24.9 Å². The lowest BCUT2D eigenvalue weighted by Gasteiger charge is -2.15. The first kappa shape index (κ1) is 48.4. The fourth-order valence-corrected chi connectivity index (χ4v) is 7.77. The molecule has 6 rings (SSSR count). The van der Waals surface area contributed by atoms with Gasteiger partial charge in [-0.3, -0.25) is 9.11 Å². The van der Waals surface area contributed by atoms with Crippen LogP contribution in [-0.2, 0) is 20.2 Å². The van der Waals surface area contributed by atoms with Gasteiger partial charge in [0, 0.05) is 22.2 Å². The molecule has 19 nitrogen and oxygen atoms in total. The van der Waals surface area contributed by atoms with Crippen molar-refractivity contribution in [2.24, 2.45) is 40.9 Å². The van der Waals surface area contributed by atoms with Crippen molar-refractivity contribution in [2.45, 2.75) is 37.5 Å². The predicted octanol–water partition coefficient (Wildman–Crippen LogP) is 14.0. The molecule has 6 aromatic carbocycles. The minimum Gasteiger partial charge on any atom is -0.494 e. The molecule has 0 bridgehead atoms. The second kappa shape index (κ2) is 20.4. The molecular formula is C43H38Cl2N10O9S2. The van der Waals surface area contributed by atoms with Crippen LogP contribution in [0.5, 0.6) is 11.5 Å². The Morgan fingerprint density at radius 2 is 0.803 bits per heavy atom. The first-order valence-electron chi connectivity index (χ1n) is 19.1. The number of rotatable bonds is 14. The van der Waals surface area contributed by atoms with E-state index in [4.69, 9.17) is 32.7 Å². The quantitative estimate of drug-likeness (QED) is 0.0596. The fraction of sp³-hybridized carbons (Fsp3) is 0.140. The number of anilines is 2. The second-order valence-electron chi connectivity index (χ2n) is 14.2. The third-order valence-corrected chi connectivity index (χ3v) is 11.6. The Bertz CT molecular complexity index is 3030. The van der Waals surface area contributed by atoms with E-state index in [0.717, 1.165) is 12.1 Å². The summed E-state index contributed by atoms with van der Waals surface area (Å²) in [6.45, 7) is 7.10. The van der Waals surface area contributed by atoms with Crippen molar-refractivity contribution >= 4 is 106 Å². The molecule has 0 saturated heterocycles. The highest BCUT2D eigenvalue weighted by Gasteiger charge is 2.19. The van der Waals surface area contributed by atoms with E-state index < -0.39 is 36.1 Å². The Morgan fingerprint density at radius 3 is 1.15 bits per heavy atom. The first-order valence-corrected chi connectivity index (χ1v) is 22.7. The van der Waals surface area contributed by atoms with Crippen LogP contribution >= 0.6 is 23.2 Å². The number of methoxy groups -OCH3 is 2. The average molecular weight is 974 g/mol. The van der Waals surface area contributed by atoms with Crippen LogP contribution < -0.4 is 20.1 Å². The Labute approximate surface area is 388 Å². The summed E-state index contributed by atoms with van der Waals surface area (Å²) in [5.74, 6) is 0.613. The van der Waals surface area contributed by atoms with Crippen LogP contribution in [0.3, 0.4) is 0 Å². The van der Waals surface area contributed by atoms with Crippen LogP contribution in [0.2, 0.25) is 10.0 Å². The lowest BCUT2D eigenvalue weighted by molar-refractivity contribution is 0.262. The standard InChI is InChI=1S/C43H38Cl2N10O9S2/c1-23-15-29(9-13-31(23)50-52-33-11-7-27(44)19-41(33)65(57,58)59)48-54-35-21-39(63-5)37(17-25(35)3)46-43(56)47-38-18-26(4)36(22-40(38)64-6)55-49-30-10-14-32(24(2)16-30)51-53-34-12-8-28(45)20-42(34)66(60,61)62/h7-22H,1-6H3,(H2,46,47,56)(H,57,58,59)(H,60,61,62). The minimum absolute atomic E-state index is 0.0882. The summed E-state index contributed by atoms with van der Waals surface area (Å²) in [5.41, 5.74) is 5.90. The van der Waals surface area contributed by atoms with E-state index in [1.165, 1.54) is 38.5 Å². The normalized spacial score (nSPS) is 12.2. The van der Waals surface area contributed by atoms with Gasteiger partial charge in [-0.25, -0.2) is 4.79 Å². The van der Waals surface area contributed by atoms with E-state index in [1.54, 1.807) is 88.4 Å². The molecule has 4 N–H and O–H groups in total. The van der Waals surface area contributed by atoms with Crippen LogP contribution in [0.25, 0.3) is 0 Å². The minimum atomic E-state index is -4.59. The molecule has 0 spiro atoms. The zero-order valence-electron chi connectivity index (χ0n) is 35.6. The van der Waals surface area contributed by atoms with Gasteiger partial charge in [0.1, 0.15) is 32.7 Å². The number of hydrogen-bond acceptors (Lipinski definition) is 15. The summed E-state index contributed by atoms with van der Waals surface area (Å²) in [6.07, 6.45) is 0. The lowest BCUT2D eigenvalue weighted by Crippen LogP contribution is -2.20. The molecule has 66 heavy (non-hydrogen) atoms. The van der Waals surface area contributed by atoms with Gasteiger partial charge < -0.3 is 20.1 Å². The van der Waals surface area contributed by atoms with Gasteiger partial charge in [-0.05, 0) is 135 Å². The Balaban J connectivity index is 1.11. The Morgan fingerprint density at radius 1 is 0.470 bits per heavy atom. The van der Waals surface area contributed by atoms with Crippen LogP contribution in [0.1, 0.15) is 22.3 Å². The summed E-state index contributed by atoms with van der Waals surface area (Å²) in [6, 6.07) is 23.6. The maximum atomic E-state index is 13.3. The van der Waals surface area contributed by atoms with Crippen molar-refractivity contribution in [1.82, 2.24) is 0 Å². The third-order valence-electron chi connectivity index (χ3n) is 9.37. The Hall–Kier alpha value is -7.01. The number of aryl methyl sites for hydroxylation is 4. The molecule has 0 heterocycles. The van der Waals surface area contributed by atoms with Crippen LogP contribution in [0, 0.1) is 27.7 Å². The van der Waals surface area contributed by atoms with Gasteiger partial charge in [-0.2, -0.15) is 47.5 Å². The number of benzene rings is 6. The van der Waals surface area contributed by atoms with Gasteiger partial charge in [0.15, 0.2) is 0 Å². The lowest BCUT2D eigenvalue weighted by atomic mass is 10.1. The smallest absolute Gasteiger partial charge is 0.323 e. The molecule has 2 amide bonds. The maximum absolute atomic E-state index is 13.3. The topological polar surface area (TPSA) is 267 Å². The van der Waals surface area contributed by atoms with Crippen molar-refractivity contribution < 1.29 is 40.2 Å². The number of urea groups is 1. The van der Waals surface area contributed by atoms with Crippen LogP contribution in [0.15, 0.2) is 148 Å². The molecular weight excluding hydrogens is 936 g/mol. The summed E-state index contributed by atoms with van der Waals surface area (Å²) in [4.78, 5) is 12.4. The number of carbonyl (C=O) groups is 1. The van der Waals surface area contributed by atoms with Crippen molar-refractivity contribution in [1.29, 1.82) is 0 Å². The number of amides is 2. The summed E-state index contributed by atoms with van der Waals surface area (Å²) < 4.78 is 77.4. The van der Waals surface area contributed by atoms with Crippen molar-refractivity contribution in [3.8, 4) is 11.5 Å². The molecule has 0 atom stereocenters. The largest absolute Gasteiger partial charge is 0.494 e. The first-order chi connectivity index (χ1) is 31.2. The number of halogens is 2. The van der Waals surface area contributed by atoms with E-state index in [0.29, 0.717) is 79.3 Å². The molecule has 340 valence electrons. The van der Waals surface area contributed by atoms with Crippen molar-refractivity contribution in [3.05, 3.63) is 129 Å². The molecule has 0 unspecified atom stereocenters. The highest BCUT2D eigenvalue weighted by Crippen LogP contribution is 2.38. The SMILES string of the molecule is COc1cc(N=Nc2ccc(N=Nc3ccc(Cl)cc3S(=O)(=O)O)c(C)c2)c(C)cc1NC(=O)Nc1cc(C)c(N=Nc2ccc(N=Nc3ccc(Cl)cc3S(=O)(=O)O)c(C)c2)cc1OC. The Kier molecular flexibility index (Phi) is 15.0. The van der Waals surface area contributed by atoms with Gasteiger partial charge in [-0.1, -0.05) is 23.2 Å². The van der Waals surface area contributed by atoms with Gasteiger partial charge >= 0.3 is 6.03 Å². The van der Waals surface area contributed by atoms with Gasteiger partial charge in [0.2, 0.25) is 0 Å². The fourth-order valence-electron chi connectivity index (χ4n) is 6.00. The van der Waals surface area contributed by atoms with E-state index in [1.807, 2.05) is 0 Å². The van der Waals surface area contributed by atoms with E-state index in [-0.39, 0.29) is 21.4 Å². The van der Waals surface area contributed by atoms with Gasteiger partial charge in [0.05, 0.1) is 59.7 Å². The molecule has 0 saturated carbocycles. The second-order valence-corrected chi connectivity index (χ2v) is 17.8. The van der Waals surface area contributed by atoms with Crippen LogP contribution in [-0.4, -0.2) is 46.2 Å².